The number of carbonyl (C=O) groups is 1. The molecule has 2 aromatic rings. The number of nitrogens with zero attached hydrogens (tertiary/aromatic N) is 2. The van der Waals surface area contributed by atoms with Gasteiger partial charge in [0.1, 0.15) is 5.82 Å². The summed E-state index contributed by atoms with van der Waals surface area (Å²) in [5, 5.41) is 10.1. The average molecular weight is 419 g/mol. The molecule has 1 amide bonds. The van der Waals surface area contributed by atoms with Crippen molar-refractivity contribution < 1.29 is 14.3 Å². The highest BCUT2D eigenvalue weighted by molar-refractivity contribution is 6.30. The fourth-order valence-electron chi connectivity index (χ4n) is 3.73. The molecule has 1 saturated heterocycles. The average Bonchev–Trinajstić information content (AvgIpc) is 2.66. The first-order valence-corrected chi connectivity index (χ1v) is 10.2. The van der Waals surface area contributed by atoms with E-state index in [0.717, 1.165) is 11.1 Å². The molecule has 4 nitrogen and oxygen atoms in total. The Labute approximate surface area is 176 Å². The fourth-order valence-corrected chi connectivity index (χ4v) is 3.89. The van der Waals surface area contributed by atoms with Crippen molar-refractivity contribution in [3.8, 4) is 0 Å². The van der Waals surface area contributed by atoms with Crippen molar-refractivity contribution in [2.24, 2.45) is 5.41 Å². The van der Waals surface area contributed by atoms with E-state index in [9.17, 15) is 14.3 Å². The summed E-state index contributed by atoms with van der Waals surface area (Å²) in [7, 11) is 0. The van der Waals surface area contributed by atoms with Crippen LogP contribution in [0.1, 0.15) is 51.0 Å². The molecule has 3 rings (SSSR count). The second-order valence-electron chi connectivity index (χ2n) is 8.65. The van der Waals surface area contributed by atoms with Gasteiger partial charge in [0, 0.05) is 30.1 Å². The van der Waals surface area contributed by atoms with E-state index in [1.165, 1.54) is 6.07 Å². The number of aliphatic hydroxyl groups is 1. The summed E-state index contributed by atoms with van der Waals surface area (Å²) < 4.78 is 14.7. The summed E-state index contributed by atoms with van der Waals surface area (Å²) in [5.41, 5.74) is 1.78. The molecule has 2 aromatic carbocycles. The van der Waals surface area contributed by atoms with Crippen LogP contribution in [0.2, 0.25) is 5.02 Å². The van der Waals surface area contributed by atoms with E-state index in [1.54, 1.807) is 19.1 Å². The topological polar surface area (TPSA) is 43.8 Å². The Bertz CT molecular complexity index is 877. The van der Waals surface area contributed by atoms with Gasteiger partial charge in [0.25, 0.3) is 0 Å². The minimum Gasteiger partial charge on any atom is -0.389 e. The molecule has 1 aliphatic heterocycles. The second kappa shape index (κ2) is 8.33. The molecular weight excluding hydrogens is 391 g/mol. The molecule has 0 aliphatic carbocycles. The molecule has 0 saturated carbocycles. The number of anilines is 1. The standard InChI is InChI=1S/C23H28ClFN2O2/c1-15(28)16-5-7-17(8-6-16)21-14-26(22(29)23(2,3)4)11-12-27(21)20-10-9-18(24)13-19(20)25/h5-10,13,15,21,28H,11-12,14H2,1-4H3/t15?,21-/m0/s1. The maximum Gasteiger partial charge on any atom is 0.228 e. The predicted octanol–water partition coefficient (Wildman–Crippen LogP) is 4.97. The number of amides is 1. The highest BCUT2D eigenvalue weighted by Gasteiger charge is 2.35. The van der Waals surface area contributed by atoms with Gasteiger partial charge in [0.05, 0.1) is 17.8 Å². The maximum atomic E-state index is 14.7. The number of rotatable bonds is 3. The molecule has 0 radical (unpaired) electrons. The van der Waals surface area contributed by atoms with Gasteiger partial charge in [-0.1, -0.05) is 56.6 Å². The molecule has 156 valence electrons. The molecule has 2 atom stereocenters. The van der Waals surface area contributed by atoms with Crippen LogP contribution in [-0.2, 0) is 4.79 Å². The largest absolute Gasteiger partial charge is 0.389 e. The van der Waals surface area contributed by atoms with Gasteiger partial charge in [-0.05, 0) is 36.2 Å². The first-order valence-electron chi connectivity index (χ1n) is 9.87. The molecule has 1 N–H and O–H groups in total. The molecule has 6 heteroatoms. The first-order chi connectivity index (χ1) is 13.6. The van der Waals surface area contributed by atoms with Gasteiger partial charge in [-0.15, -0.1) is 0 Å². The zero-order valence-corrected chi connectivity index (χ0v) is 18.1. The van der Waals surface area contributed by atoms with Crippen LogP contribution in [0.25, 0.3) is 0 Å². The molecule has 1 unspecified atom stereocenters. The van der Waals surface area contributed by atoms with E-state index in [2.05, 4.69) is 0 Å². The molecule has 1 fully saturated rings. The lowest BCUT2D eigenvalue weighted by atomic mass is 9.92. The third-order valence-corrected chi connectivity index (χ3v) is 5.57. The van der Waals surface area contributed by atoms with Crippen LogP contribution < -0.4 is 4.90 Å². The molecule has 0 bridgehead atoms. The number of hydrogen-bond acceptors (Lipinski definition) is 3. The Morgan fingerprint density at radius 1 is 1.17 bits per heavy atom. The summed E-state index contributed by atoms with van der Waals surface area (Å²) in [4.78, 5) is 16.7. The Hall–Kier alpha value is -2.11. The van der Waals surface area contributed by atoms with Crippen molar-refractivity contribution in [3.05, 3.63) is 64.4 Å². The van der Waals surface area contributed by atoms with E-state index < -0.39 is 11.5 Å². The van der Waals surface area contributed by atoms with Gasteiger partial charge >= 0.3 is 0 Å². The normalized spacial score (nSPS) is 18.7. The van der Waals surface area contributed by atoms with Gasteiger partial charge in [-0.2, -0.15) is 0 Å². The fraction of sp³-hybridized carbons (Fsp3) is 0.435. The zero-order chi connectivity index (χ0) is 21.3. The summed E-state index contributed by atoms with van der Waals surface area (Å²) in [5.74, 6) is -0.293. The van der Waals surface area contributed by atoms with E-state index in [4.69, 9.17) is 11.6 Å². The van der Waals surface area contributed by atoms with Crippen molar-refractivity contribution in [2.75, 3.05) is 24.5 Å². The Morgan fingerprint density at radius 2 is 1.83 bits per heavy atom. The highest BCUT2D eigenvalue weighted by atomic mass is 35.5. The second-order valence-corrected chi connectivity index (χ2v) is 9.09. The summed E-state index contributed by atoms with van der Waals surface area (Å²) >= 11 is 5.94. The van der Waals surface area contributed by atoms with Crippen LogP contribution in [0.5, 0.6) is 0 Å². The number of carbonyl (C=O) groups excluding carboxylic acids is 1. The van der Waals surface area contributed by atoms with E-state index >= 15 is 0 Å². The van der Waals surface area contributed by atoms with Crippen LogP contribution in [-0.4, -0.2) is 35.5 Å². The van der Waals surface area contributed by atoms with Gasteiger partial charge in [-0.25, -0.2) is 4.39 Å². The van der Waals surface area contributed by atoms with Crippen molar-refractivity contribution in [1.82, 2.24) is 4.90 Å². The molecule has 29 heavy (non-hydrogen) atoms. The van der Waals surface area contributed by atoms with Crippen LogP contribution in [0.15, 0.2) is 42.5 Å². The van der Waals surface area contributed by atoms with E-state index in [1.807, 2.05) is 54.8 Å². The zero-order valence-electron chi connectivity index (χ0n) is 17.3. The number of aliphatic hydroxyl groups excluding tert-OH is 1. The summed E-state index contributed by atoms with van der Waals surface area (Å²) in [6, 6.07) is 12.1. The first kappa shape index (κ1) is 21.6. The third kappa shape index (κ3) is 4.73. The van der Waals surface area contributed by atoms with E-state index in [0.29, 0.717) is 30.3 Å². The van der Waals surface area contributed by atoms with Crippen LogP contribution >= 0.6 is 11.6 Å². The minimum absolute atomic E-state index is 0.0827. The van der Waals surface area contributed by atoms with Gasteiger partial charge in [0.15, 0.2) is 0 Å². The van der Waals surface area contributed by atoms with E-state index in [-0.39, 0.29) is 17.8 Å². The maximum absolute atomic E-state index is 14.7. The Kier molecular flexibility index (Phi) is 6.20. The molecular formula is C23H28ClFN2O2. The molecule has 1 aliphatic rings. The predicted molar refractivity (Wildman–Crippen MR) is 115 cm³/mol. The number of benzene rings is 2. The lowest BCUT2D eigenvalue weighted by molar-refractivity contribution is -0.140. The molecule has 1 heterocycles. The Morgan fingerprint density at radius 3 is 2.38 bits per heavy atom. The number of piperazine rings is 1. The minimum atomic E-state index is -0.556. The summed E-state index contributed by atoms with van der Waals surface area (Å²) in [6.45, 7) is 8.96. The summed E-state index contributed by atoms with van der Waals surface area (Å²) in [6.07, 6.45) is -0.556. The number of halogens is 2. The quantitative estimate of drug-likeness (QED) is 0.765. The Balaban J connectivity index is 1.98. The third-order valence-electron chi connectivity index (χ3n) is 5.33. The smallest absolute Gasteiger partial charge is 0.228 e. The lowest BCUT2D eigenvalue weighted by Crippen LogP contribution is -2.53. The van der Waals surface area contributed by atoms with Crippen LogP contribution in [0.3, 0.4) is 0 Å². The highest BCUT2D eigenvalue weighted by Crippen LogP contribution is 2.35. The SMILES string of the molecule is CC(O)c1ccc([C@@H]2CN(C(=O)C(C)(C)C)CCN2c2ccc(Cl)cc2F)cc1. The number of hydrogen-bond donors (Lipinski definition) is 1. The van der Waals surface area contributed by atoms with Gasteiger partial charge in [-0.3, -0.25) is 4.79 Å². The van der Waals surface area contributed by atoms with Crippen LogP contribution in [0, 0.1) is 11.2 Å². The van der Waals surface area contributed by atoms with Gasteiger partial charge < -0.3 is 14.9 Å². The van der Waals surface area contributed by atoms with Crippen molar-refractivity contribution in [1.29, 1.82) is 0 Å². The van der Waals surface area contributed by atoms with Gasteiger partial charge in [0.2, 0.25) is 5.91 Å². The van der Waals surface area contributed by atoms with Crippen molar-refractivity contribution >= 4 is 23.2 Å². The van der Waals surface area contributed by atoms with Crippen LogP contribution in [0.4, 0.5) is 10.1 Å². The molecule has 0 aromatic heterocycles. The van der Waals surface area contributed by atoms with Crippen molar-refractivity contribution in [3.63, 3.8) is 0 Å². The van der Waals surface area contributed by atoms with Crippen molar-refractivity contribution in [2.45, 2.75) is 39.8 Å². The monoisotopic (exact) mass is 418 g/mol. The lowest BCUT2D eigenvalue weighted by Gasteiger charge is -2.44. The molecule has 0 spiro atoms.